The second-order valence-electron chi connectivity index (χ2n) is 6.16. The molecule has 1 unspecified atom stereocenters. The summed E-state index contributed by atoms with van der Waals surface area (Å²) in [6.07, 6.45) is 3.93. The van der Waals surface area contributed by atoms with E-state index in [0.717, 1.165) is 25.7 Å². The molecular weight excluding hydrogens is 284 g/mol. The molecule has 116 valence electrons. The van der Waals surface area contributed by atoms with E-state index in [4.69, 9.17) is 0 Å². The predicted molar refractivity (Wildman–Crippen MR) is 72.3 cm³/mol. The molecule has 3 rings (SSSR count). The zero-order valence-electron chi connectivity index (χ0n) is 11.9. The minimum absolute atomic E-state index is 0.200. The molecule has 1 aliphatic carbocycles. The molecule has 0 aromatic heterocycles. The van der Waals surface area contributed by atoms with Crippen LogP contribution in [0.2, 0.25) is 0 Å². The van der Waals surface area contributed by atoms with E-state index in [1.807, 2.05) is 0 Å². The monoisotopic (exact) mass is 302 g/mol. The van der Waals surface area contributed by atoms with Crippen molar-refractivity contribution < 1.29 is 17.6 Å². The fourth-order valence-electron chi connectivity index (χ4n) is 3.51. The maximum Gasteiger partial charge on any atom is 0.185 e. The van der Waals surface area contributed by atoms with E-state index in [1.54, 1.807) is 6.92 Å². The molecule has 1 heterocycles. The lowest BCUT2D eigenvalue weighted by atomic mass is 9.92. The van der Waals surface area contributed by atoms with E-state index in [-0.39, 0.29) is 17.6 Å². The summed E-state index contributed by atoms with van der Waals surface area (Å²) < 4.78 is 55.0. The highest BCUT2D eigenvalue weighted by Gasteiger charge is 2.42. The van der Waals surface area contributed by atoms with Gasteiger partial charge in [0, 0.05) is 30.7 Å². The molecule has 1 aromatic rings. The van der Waals surface area contributed by atoms with Crippen LogP contribution in [0.15, 0.2) is 6.07 Å². The second kappa shape index (κ2) is 5.16. The maximum atomic E-state index is 14.0. The fraction of sp³-hybridized carbons (Fsp3) is 0.600. The summed E-state index contributed by atoms with van der Waals surface area (Å²) in [4.78, 5) is 1.47. The van der Waals surface area contributed by atoms with Crippen LogP contribution in [-0.4, -0.2) is 24.7 Å². The SMILES string of the molecule is CC1CNC2(CCCC2)CN1c1c(F)c(F)cc(F)c1F. The summed E-state index contributed by atoms with van der Waals surface area (Å²) in [5.41, 5.74) is -0.776. The molecule has 1 aliphatic heterocycles. The Labute approximate surface area is 121 Å². The van der Waals surface area contributed by atoms with Crippen LogP contribution in [0.3, 0.4) is 0 Å². The van der Waals surface area contributed by atoms with Gasteiger partial charge >= 0.3 is 0 Å². The van der Waals surface area contributed by atoms with Gasteiger partial charge < -0.3 is 10.2 Å². The molecule has 1 N–H and O–H groups in total. The zero-order chi connectivity index (χ0) is 15.2. The van der Waals surface area contributed by atoms with Crippen molar-refractivity contribution in [2.75, 3.05) is 18.0 Å². The van der Waals surface area contributed by atoms with Gasteiger partial charge in [-0.05, 0) is 19.8 Å². The van der Waals surface area contributed by atoms with Crippen molar-refractivity contribution >= 4 is 5.69 Å². The van der Waals surface area contributed by atoms with Crippen molar-refractivity contribution in [3.8, 4) is 0 Å². The molecule has 1 saturated carbocycles. The number of nitrogens with one attached hydrogen (secondary N) is 1. The molecule has 1 saturated heterocycles. The Bertz CT molecular complexity index is 529. The van der Waals surface area contributed by atoms with E-state index in [9.17, 15) is 17.6 Å². The Morgan fingerprint density at radius 1 is 1.10 bits per heavy atom. The first kappa shape index (κ1) is 14.6. The first-order valence-corrected chi connectivity index (χ1v) is 7.28. The van der Waals surface area contributed by atoms with Gasteiger partial charge in [0.15, 0.2) is 23.3 Å². The lowest BCUT2D eigenvalue weighted by molar-refractivity contribution is 0.272. The van der Waals surface area contributed by atoms with Gasteiger partial charge in [0.25, 0.3) is 0 Å². The molecule has 6 heteroatoms. The fourth-order valence-corrected chi connectivity index (χ4v) is 3.51. The molecule has 0 amide bonds. The van der Waals surface area contributed by atoms with Crippen molar-refractivity contribution in [2.24, 2.45) is 0 Å². The average Bonchev–Trinajstić information content (AvgIpc) is 2.89. The van der Waals surface area contributed by atoms with Gasteiger partial charge in [0.1, 0.15) is 5.69 Å². The molecule has 2 nitrogen and oxygen atoms in total. The number of rotatable bonds is 1. The van der Waals surface area contributed by atoms with Crippen LogP contribution < -0.4 is 10.2 Å². The summed E-state index contributed by atoms with van der Waals surface area (Å²) in [5.74, 6) is -5.32. The maximum absolute atomic E-state index is 14.0. The first-order chi connectivity index (χ1) is 9.93. The molecule has 0 radical (unpaired) electrons. The quantitative estimate of drug-likeness (QED) is 0.632. The summed E-state index contributed by atoms with van der Waals surface area (Å²) in [5, 5.41) is 3.44. The number of halogens is 4. The van der Waals surface area contributed by atoms with Crippen LogP contribution in [-0.2, 0) is 0 Å². The number of piperazine rings is 1. The third kappa shape index (κ3) is 2.39. The summed E-state index contributed by atoms with van der Waals surface area (Å²) in [6.45, 7) is 2.69. The minimum atomic E-state index is -1.35. The van der Waals surface area contributed by atoms with Crippen molar-refractivity contribution in [3.05, 3.63) is 29.3 Å². The molecule has 2 aliphatic rings. The minimum Gasteiger partial charge on any atom is -0.361 e. The molecule has 0 bridgehead atoms. The Morgan fingerprint density at radius 3 is 2.24 bits per heavy atom. The first-order valence-electron chi connectivity index (χ1n) is 7.28. The van der Waals surface area contributed by atoms with Gasteiger partial charge in [0.2, 0.25) is 0 Å². The highest BCUT2D eigenvalue weighted by molar-refractivity contribution is 5.52. The van der Waals surface area contributed by atoms with Gasteiger partial charge in [-0.25, -0.2) is 17.6 Å². The smallest absolute Gasteiger partial charge is 0.185 e. The molecule has 21 heavy (non-hydrogen) atoms. The molecule has 1 aromatic carbocycles. The van der Waals surface area contributed by atoms with Crippen LogP contribution >= 0.6 is 0 Å². The average molecular weight is 302 g/mol. The second-order valence-corrected chi connectivity index (χ2v) is 6.16. The van der Waals surface area contributed by atoms with Gasteiger partial charge in [-0.2, -0.15) is 0 Å². The number of benzene rings is 1. The van der Waals surface area contributed by atoms with Gasteiger partial charge in [0.05, 0.1) is 0 Å². The topological polar surface area (TPSA) is 15.3 Å². The van der Waals surface area contributed by atoms with Crippen molar-refractivity contribution in [2.45, 2.75) is 44.2 Å². The van der Waals surface area contributed by atoms with Crippen LogP contribution in [0, 0.1) is 23.3 Å². The van der Waals surface area contributed by atoms with Crippen molar-refractivity contribution in [1.82, 2.24) is 5.32 Å². The van der Waals surface area contributed by atoms with Crippen molar-refractivity contribution in [3.63, 3.8) is 0 Å². The van der Waals surface area contributed by atoms with Crippen LogP contribution in [0.4, 0.5) is 23.2 Å². The summed E-state index contributed by atoms with van der Waals surface area (Å²) in [6, 6.07) is 0.0215. The van der Waals surface area contributed by atoms with Gasteiger partial charge in [-0.15, -0.1) is 0 Å². The Morgan fingerprint density at radius 2 is 1.67 bits per heavy atom. The normalized spacial score (nSPS) is 24.8. The molecular formula is C15H18F4N2. The van der Waals surface area contributed by atoms with E-state index < -0.39 is 29.0 Å². The number of hydrogen-bond acceptors (Lipinski definition) is 2. The lowest BCUT2D eigenvalue weighted by Gasteiger charge is -2.46. The molecule has 1 spiro atoms. The number of hydrogen-bond donors (Lipinski definition) is 1. The van der Waals surface area contributed by atoms with Crippen LogP contribution in [0.5, 0.6) is 0 Å². The zero-order valence-corrected chi connectivity index (χ0v) is 11.9. The standard InChI is InChI=1S/C15H18F4N2/c1-9-7-20-15(4-2-3-5-15)8-21(9)14-12(18)10(16)6-11(17)13(14)19/h6,9,20H,2-5,7-8H2,1H3. The van der Waals surface area contributed by atoms with E-state index in [1.165, 1.54) is 4.90 Å². The highest BCUT2D eigenvalue weighted by atomic mass is 19.2. The van der Waals surface area contributed by atoms with Crippen molar-refractivity contribution in [1.29, 1.82) is 0 Å². The van der Waals surface area contributed by atoms with Crippen LogP contribution in [0.1, 0.15) is 32.6 Å². The van der Waals surface area contributed by atoms with E-state index in [2.05, 4.69) is 5.32 Å². The lowest BCUT2D eigenvalue weighted by Crippen LogP contribution is -2.63. The third-order valence-electron chi connectivity index (χ3n) is 4.71. The Kier molecular flexibility index (Phi) is 3.59. The van der Waals surface area contributed by atoms with Crippen LogP contribution in [0.25, 0.3) is 0 Å². The predicted octanol–water partition coefficient (Wildman–Crippen LogP) is 3.35. The third-order valence-corrected chi connectivity index (χ3v) is 4.71. The summed E-state index contributed by atoms with van der Waals surface area (Å²) in [7, 11) is 0. The van der Waals surface area contributed by atoms with Gasteiger partial charge in [-0.3, -0.25) is 0 Å². The molecule has 2 fully saturated rings. The van der Waals surface area contributed by atoms with E-state index in [0.29, 0.717) is 13.1 Å². The highest BCUT2D eigenvalue weighted by Crippen LogP contribution is 2.37. The number of anilines is 1. The number of nitrogens with zero attached hydrogens (tertiary/aromatic N) is 1. The summed E-state index contributed by atoms with van der Waals surface area (Å²) >= 11 is 0. The van der Waals surface area contributed by atoms with Gasteiger partial charge in [-0.1, -0.05) is 12.8 Å². The van der Waals surface area contributed by atoms with E-state index >= 15 is 0 Å². The Balaban J connectivity index is 2.02. The largest absolute Gasteiger partial charge is 0.361 e. The molecule has 1 atom stereocenters. The Hall–Kier alpha value is -1.30.